The molecular formula is C28H32ClFN2O2S. The molecule has 1 aliphatic rings. The second-order valence-corrected chi connectivity index (χ2v) is 10.2. The van der Waals surface area contributed by atoms with E-state index in [4.69, 9.17) is 20.9 Å². The Morgan fingerprint density at radius 3 is 2.43 bits per heavy atom. The number of terminal acetylenes is 1. The number of aryl methyl sites for hydroxylation is 3. The first-order valence-corrected chi connectivity index (χ1v) is 12.3. The van der Waals surface area contributed by atoms with Crippen LogP contribution in [0.1, 0.15) is 46.7 Å². The Hall–Kier alpha value is -2.75. The minimum Gasteiger partial charge on any atom is -0.496 e. The molecule has 4 rings (SSSR count). The summed E-state index contributed by atoms with van der Waals surface area (Å²) in [7, 11) is 3.29. The molecule has 7 heteroatoms. The summed E-state index contributed by atoms with van der Waals surface area (Å²) in [6, 6.07) is 9.10. The van der Waals surface area contributed by atoms with E-state index >= 15 is 0 Å². The number of aromatic nitrogens is 1. The fourth-order valence-electron chi connectivity index (χ4n) is 4.36. The van der Waals surface area contributed by atoms with Crippen molar-refractivity contribution in [1.29, 1.82) is 0 Å². The molecule has 2 unspecified atom stereocenters. The molecule has 0 saturated heterocycles. The van der Waals surface area contributed by atoms with Crippen LogP contribution in [0.3, 0.4) is 0 Å². The smallest absolute Gasteiger partial charge is 0.184 e. The molecular weight excluding hydrogens is 483 g/mol. The SMILES string of the molecule is C#CC(Nc1nc(-c2cc(C)c(OC)cc2OC)c(C)s1)C(CC1CC1)c1ccc(C)c(F)c1.Cl. The Kier molecular flexibility index (Phi) is 8.69. The number of benzene rings is 2. The maximum Gasteiger partial charge on any atom is 0.184 e. The first kappa shape index (κ1) is 26.8. The summed E-state index contributed by atoms with van der Waals surface area (Å²) in [6.07, 6.45) is 9.37. The number of rotatable bonds is 9. The van der Waals surface area contributed by atoms with Crippen molar-refractivity contribution in [3.8, 4) is 35.1 Å². The highest BCUT2D eigenvalue weighted by Crippen LogP contribution is 2.42. The number of halogens is 2. The predicted molar refractivity (Wildman–Crippen MR) is 145 cm³/mol. The number of hydrogen-bond acceptors (Lipinski definition) is 5. The zero-order valence-corrected chi connectivity index (χ0v) is 22.4. The van der Waals surface area contributed by atoms with Gasteiger partial charge in [0.15, 0.2) is 5.13 Å². The van der Waals surface area contributed by atoms with Crippen LogP contribution in [0.5, 0.6) is 11.5 Å². The van der Waals surface area contributed by atoms with Crippen LogP contribution < -0.4 is 14.8 Å². The molecule has 1 heterocycles. The lowest BCUT2D eigenvalue weighted by Crippen LogP contribution is -2.26. The zero-order valence-electron chi connectivity index (χ0n) is 20.8. The highest BCUT2D eigenvalue weighted by molar-refractivity contribution is 7.16. The van der Waals surface area contributed by atoms with Crippen molar-refractivity contribution in [2.75, 3.05) is 19.5 Å². The van der Waals surface area contributed by atoms with E-state index in [-0.39, 0.29) is 30.2 Å². The molecule has 1 N–H and O–H groups in total. The molecule has 0 amide bonds. The maximum atomic E-state index is 14.4. The maximum absolute atomic E-state index is 14.4. The van der Waals surface area contributed by atoms with Crippen LogP contribution in [-0.4, -0.2) is 25.2 Å². The third kappa shape index (κ3) is 5.91. The fourth-order valence-corrected chi connectivity index (χ4v) is 5.22. The summed E-state index contributed by atoms with van der Waals surface area (Å²) in [5.74, 6) is 4.87. The Balaban J connectivity index is 0.00000342. The van der Waals surface area contributed by atoms with Gasteiger partial charge < -0.3 is 14.8 Å². The number of nitrogens with zero attached hydrogens (tertiary/aromatic N) is 1. The molecule has 4 nitrogen and oxygen atoms in total. The zero-order chi connectivity index (χ0) is 24.4. The van der Waals surface area contributed by atoms with Gasteiger partial charge in [0.2, 0.25) is 0 Å². The number of thiazole rings is 1. The number of ether oxygens (including phenoxy) is 2. The second kappa shape index (κ2) is 11.3. The third-order valence-electron chi connectivity index (χ3n) is 6.54. The van der Waals surface area contributed by atoms with Gasteiger partial charge in [0.1, 0.15) is 17.3 Å². The van der Waals surface area contributed by atoms with Crippen LogP contribution in [0.25, 0.3) is 11.3 Å². The standard InChI is InChI=1S/C28H31FN2O2S.ClH/c1-7-24(21(13-19-9-10-19)20-11-8-16(2)23(29)14-20)30-28-31-27(18(4)34-28)22-12-17(3)25(32-5)15-26(22)33-6;/h1,8,11-12,14-15,19,21,24H,9-10,13H2,2-6H3,(H,30,31);1H. The Bertz CT molecular complexity index is 1230. The molecule has 1 fully saturated rings. The minimum absolute atomic E-state index is 0. The Labute approximate surface area is 217 Å². The van der Waals surface area contributed by atoms with Gasteiger partial charge in [-0.3, -0.25) is 0 Å². The summed E-state index contributed by atoms with van der Waals surface area (Å²) >= 11 is 1.56. The van der Waals surface area contributed by atoms with Gasteiger partial charge in [-0.15, -0.1) is 30.2 Å². The third-order valence-corrected chi connectivity index (χ3v) is 7.44. The lowest BCUT2D eigenvalue weighted by atomic mass is 9.86. The summed E-state index contributed by atoms with van der Waals surface area (Å²) in [5, 5.41) is 4.23. The Morgan fingerprint density at radius 2 is 1.83 bits per heavy atom. The van der Waals surface area contributed by atoms with Gasteiger partial charge >= 0.3 is 0 Å². The van der Waals surface area contributed by atoms with E-state index in [1.165, 1.54) is 12.8 Å². The Morgan fingerprint density at radius 1 is 1.11 bits per heavy atom. The lowest BCUT2D eigenvalue weighted by Gasteiger charge is -2.25. The van der Waals surface area contributed by atoms with Gasteiger partial charge in [-0.05, 0) is 61.9 Å². The van der Waals surface area contributed by atoms with Gasteiger partial charge in [0.25, 0.3) is 0 Å². The molecule has 0 aliphatic heterocycles. The van der Waals surface area contributed by atoms with E-state index in [1.54, 1.807) is 38.5 Å². The van der Waals surface area contributed by atoms with Crippen molar-refractivity contribution >= 4 is 28.9 Å². The first-order chi connectivity index (χ1) is 16.3. The van der Waals surface area contributed by atoms with Crippen molar-refractivity contribution in [2.45, 2.75) is 52.0 Å². The largest absolute Gasteiger partial charge is 0.496 e. The van der Waals surface area contributed by atoms with Gasteiger partial charge in [-0.2, -0.15) is 0 Å². The minimum atomic E-state index is -0.291. The van der Waals surface area contributed by atoms with Crippen LogP contribution in [-0.2, 0) is 0 Å². The van der Waals surface area contributed by atoms with Gasteiger partial charge in [0, 0.05) is 22.4 Å². The molecule has 3 aromatic rings. The quantitative estimate of drug-likeness (QED) is 0.304. The molecule has 2 atom stereocenters. The van der Waals surface area contributed by atoms with E-state index in [9.17, 15) is 4.39 Å². The van der Waals surface area contributed by atoms with Gasteiger partial charge in [-0.1, -0.05) is 30.9 Å². The van der Waals surface area contributed by atoms with E-state index in [0.29, 0.717) is 17.2 Å². The number of anilines is 1. The molecule has 1 aromatic heterocycles. The van der Waals surface area contributed by atoms with Crippen molar-refractivity contribution < 1.29 is 13.9 Å². The van der Waals surface area contributed by atoms with E-state index in [0.717, 1.165) is 44.6 Å². The highest BCUT2D eigenvalue weighted by atomic mass is 35.5. The molecule has 0 bridgehead atoms. The predicted octanol–water partition coefficient (Wildman–Crippen LogP) is 7.31. The normalized spacial score (nSPS) is 14.4. The van der Waals surface area contributed by atoms with Crippen molar-refractivity contribution in [1.82, 2.24) is 4.98 Å². The molecule has 186 valence electrons. The number of methoxy groups -OCH3 is 2. The van der Waals surface area contributed by atoms with Crippen LogP contribution >= 0.6 is 23.7 Å². The van der Waals surface area contributed by atoms with Crippen LogP contribution in [0.15, 0.2) is 30.3 Å². The van der Waals surface area contributed by atoms with Crippen molar-refractivity contribution in [2.24, 2.45) is 5.92 Å². The van der Waals surface area contributed by atoms with Gasteiger partial charge in [-0.25, -0.2) is 9.37 Å². The fraction of sp³-hybridized carbons (Fsp3) is 0.393. The van der Waals surface area contributed by atoms with Gasteiger partial charge in [0.05, 0.1) is 26.0 Å². The topological polar surface area (TPSA) is 43.4 Å². The van der Waals surface area contributed by atoms with Crippen molar-refractivity contribution in [3.63, 3.8) is 0 Å². The molecule has 0 spiro atoms. The summed E-state index contributed by atoms with van der Waals surface area (Å²) in [4.78, 5) is 5.95. The molecule has 0 radical (unpaired) electrons. The monoisotopic (exact) mass is 514 g/mol. The van der Waals surface area contributed by atoms with E-state index in [2.05, 4.69) is 11.2 Å². The molecule has 2 aromatic carbocycles. The highest BCUT2D eigenvalue weighted by Gasteiger charge is 2.31. The molecule has 35 heavy (non-hydrogen) atoms. The van der Waals surface area contributed by atoms with E-state index < -0.39 is 0 Å². The average Bonchev–Trinajstić information content (AvgIpc) is 3.58. The van der Waals surface area contributed by atoms with Crippen LogP contribution in [0.4, 0.5) is 9.52 Å². The average molecular weight is 515 g/mol. The summed E-state index contributed by atoms with van der Waals surface area (Å²) in [6.45, 7) is 5.82. The van der Waals surface area contributed by atoms with Crippen LogP contribution in [0.2, 0.25) is 0 Å². The van der Waals surface area contributed by atoms with E-state index in [1.807, 2.05) is 38.1 Å². The van der Waals surface area contributed by atoms with Crippen LogP contribution in [0, 0.1) is 44.9 Å². The second-order valence-electron chi connectivity index (χ2n) is 9.03. The summed E-state index contributed by atoms with van der Waals surface area (Å²) < 4.78 is 25.5. The molecule has 1 aliphatic carbocycles. The molecule has 1 saturated carbocycles. The summed E-state index contributed by atoms with van der Waals surface area (Å²) in [5.41, 5.74) is 4.35. The van der Waals surface area contributed by atoms with Crippen molar-refractivity contribution in [3.05, 3.63) is 57.7 Å². The first-order valence-electron chi connectivity index (χ1n) is 11.5. The number of hydrogen-bond donors (Lipinski definition) is 1. The number of nitrogens with one attached hydrogen (secondary N) is 1. The lowest BCUT2D eigenvalue weighted by molar-refractivity contribution is 0.393.